The lowest BCUT2D eigenvalue weighted by atomic mass is 9.54. The van der Waals surface area contributed by atoms with Crippen molar-refractivity contribution in [3.63, 3.8) is 0 Å². The monoisotopic (exact) mass is 417 g/mol. The Hall–Kier alpha value is -3.67. The van der Waals surface area contributed by atoms with E-state index in [2.05, 4.69) is 32.1 Å². The van der Waals surface area contributed by atoms with E-state index in [1.807, 2.05) is 6.08 Å². The first-order valence-corrected chi connectivity index (χ1v) is 10.2. The molecule has 8 nitrogen and oxygen atoms in total. The summed E-state index contributed by atoms with van der Waals surface area (Å²) in [7, 11) is 0. The molecule has 1 aliphatic heterocycles. The molecule has 1 saturated carbocycles. The number of nitrogens with one attached hydrogen (secondary N) is 2. The highest BCUT2D eigenvalue weighted by atomic mass is 16.5. The van der Waals surface area contributed by atoms with E-state index >= 15 is 0 Å². The van der Waals surface area contributed by atoms with Crippen LogP contribution >= 0.6 is 0 Å². The summed E-state index contributed by atoms with van der Waals surface area (Å²) in [6, 6.07) is 13.5. The predicted octanol–water partition coefficient (Wildman–Crippen LogP) is 0.691. The molecule has 1 aromatic rings. The Morgan fingerprint density at radius 3 is 2.45 bits per heavy atom. The number of ether oxygens (including phenoxy) is 1. The zero-order valence-corrected chi connectivity index (χ0v) is 17.6. The summed E-state index contributed by atoms with van der Waals surface area (Å²) in [4.78, 5) is 12.3. The highest BCUT2D eigenvalue weighted by Crippen LogP contribution is 2.52. The maximum absolute atomic E-state index is 11.0. The van der Waals surface area contributed by atoms with Gasteiger partial charge in [-0.3, -0.25) is 4.79 Å². The summed E-state index contributed by atoms with van der Waals surface area (Å²) in [5, 5.41) is 38.6. The standard InChI is InChI=1S/C23H24N6O2/c1-14(2)29-8-7-17-18(9-24)22(28)23(12-25,13-26)21(19(17)10-29)15-3-5-16(6-4-15)31-11-20(27)30/h3-7,14,18-19,21,28H,8,10-11H2,1-2H3,(H2,27,30)/p+1/t18?,19-,21+/m1/s1. The van der Waals surface area contributed by atoms with E-state index in [-0.39, 0.29) is 18.2 Å². The lowest BCUT2D eigenvalue weighted by molar-refractivity contribution is -0.920. The van der Waals surface area contributed by atoms with Crippen molar-refractivity contribution in [3.8, 4) is 24.0 Å². The van der Waals surface area contributed by atoms with Crippen LogP contribution in [0.4, 0.5) is 0 Å². The lowest BCUT2D eigenvalue weighted by Gasteiger charge is -2.47. The minimum Gasteiger partial charge on any atom is -0.484 e. The van der Waals surface area contributed by atoms with Crippen molar-refractivity contribution in [2.75, 3.05) is 19.7 Å². The molecule has 1 amide bonds. The number of hydrogen-bond donors (Lipinski definition) is 3. The van der Waals surface area contributed by atoms with Gasteiger partial charge in [-0.1, -0.05) is 12.1 Å². The molecular formula is C23H25N6O2+. The molecule has 3 rings (SSSR count). The van der Waals surface area contributed by atoms with Crippen molar-refractivity contribution in [3.05, 3.63) is 41.5 Å². The van der Waals surface area contributed by atoms with E-state index < -0.39 is 23.2 Å². The van der Waals surface area contributed by atoms with Crippen LogP contribution in [0.25, 0.3) is 0 Å². The molecule has 0 saturated heterocycles. The largest absolute Gasteiger partial charge is 0.484 e. The van der Waals surface area contributed by atoms with Crippen LogP contribution in [-0.4, -0.2) is 37.4 Å². The lowest BCUT2D eigenvalue weighted by Crippen LogP contribution is -3.16. The third kappa shape index (κ3) is 3.77. The minimum atomic E-state index is -1.74. The van der Waals surface area contributed by atoms with Crippen molar-refractivity contribution in [1.29, 1.82) is 21.2 Å². The molecule has 0 aromatic heterocycles. The summed E-state index contributed by atoms with van der Waals surface area (Å²) >= 11 is 0. The molecule has 2 unspecified atom stereocenters. The first kappa shape index (κ1) is 22.0. The summed E-state index contributed by atoms with van der Waals surface area (Å²) in [6.07, 6.45) is 2.02. The van der Waals surface area contributed by atoms with Crippen LogP contribution in [0, 0.1) is 56.7 Å². The minimum absolute atomic E-state index is 0.158. The first-order valence-electron chi connectivity index (χ1n) is 10.2. The number of carbonyl (C=O) groups excluding carboxylic acids is 1. The highest BCUT2D eigenvalue weighted by molar-refractivity contribution is 6.00. The summed E-state index contributed by atoms with van der Waals surface area (Å²) < 4.78 is 5.32. The van der Waals surface area contributed by atoms with Gasteiger partial charge in [-0.25, -0.2) is 0 Å². The molecule has 4 N–H and O–H groups in total. The van der Waals surface area contributed by atoms with E-state index in [1.54, 1.807) is 24.3 Å². The van der Waals surface area contributed by atoms with E-state index in [0.29, 0.717) is 18.3 Å². The van der Waals surface area contributed by atoms with Gasteiger partial charge in [0.15, 0.2) is 12.0 Å². The molecule has 2 aliphatic rings. The second-order valence-electron chi connectivity index (χ2n) is 8.34. The first-order chi connectivity index (χ1) is 14.8. The van der Waals surface area contributed by atoms with Gasteiger partial charge >= 0.3 is 0 Å². The van der Waals surface area contributed by atoms with Gasteiger partial charge in [-0.2, -0.15) is 15.8 Å². The smallest absolute Gasteiger partial charge is 0.255 e. The maximum atomic E-state index is 11.0. The van der Waals surface area contributed by atoms with Gasteiger partial charge in [-0.15, -0.1) is 0 Å². The molecule has 1 aromatic carbocycles. The number of nitrogens with zero attached hydrogens (tertiary/aromatic N) is 3. The average Bonchev–Trinajstić information content (AvgIpc) is 2.77. The number of primary amides is 1. The number of fused-ring (bicyclic) bond motifs is 1. The Bertz CT molecular complexity index is 1020. The number of carbonyl (C=O) groups is 1. The Morgan fingerprint density at radius 2 is 1.94 bits per heavy atom. The summed E-state index contributed by atoms with van der Waals surface area (Å²) in [5.74, 6) is -1.83. The van der Waals surface area contributed by atoms with E-state index in [1.165, 1.54) is 4.90 Å². The van der Waals surface area contributed by atoms with Crippen molar-refractivity contribution in [1.82, 2.24) is 0 Å². The van der Waals surface area contributed by atoms with E-state index in [4.69, 9.17) is 15.9 Å². The quantitative estimate of drug-likeness (QED) is 0.602. The second-order valence-corrected chi connectivity index (χ2v) is 8.34. The number of nitriles is 3. The SMILES string of the molecule is CC(C)[NH+]1CC=C2C(C#N)C(=N)C(C#N)(C#N)[C@@H](c3ccc(OCC(N)=O)cc3)[C@@H]2C1. The maximum Gasteiger partial charge on any atom is 0.255 e. The van der Waals surface area contributed by atoms with Crippen LogP contribution in [-0.2, 0) is 4.79 Å². The van der Waals surface area contributed by atoms with Crippen molar-refractivity contribution >= 4 is 11.6 Å². The number of nitrogens with two attached hydrogens (primary N) is 1. The normalized spacial score (nSPS) is 26.6. The van der Waals surface area contributed by atoms with E-state index in [9.17, 15) is 20.6 Å². The van der Waals surface area contributed by atoms with Crippen molar-refractivity contribution in [2.45, 2.75) is 25.8 Å². The van der Waals surface area contributed by atoms with Gasteiger partial charge in [0.05, 0.1) is 43.1 Å². The van der Waals surface area contributed by atoms with Crippen molar-refractivity contribution in [2.24, 2.45) is 23.0 Å². The zero-order valence-electron chi connectivity index (χ0n) is 17.6. The van der Waals surface area contributed by atoms with Gasteiger partial charge in [-0.05, 0) is 43.2 Å². The number of amides is 1. The molecule has 31 heavy (non-hydrogen) atoms. The van der Waals surface area contributed by atoms with Gasteiger partial charge in [0.25, 0.3) is 5.91 Å². The van der Waals surface area contributed by atoms with Crippen LogP contribution in [0.15, 0.2) is 35.9 Å². The Kier molecular flexibility index (Phi) is 6.11. The molecule has 0 bridgehead atoms. The topological polar surface area (TPSA) is 152 Å². The van der Waals surface area contributed by atoms with Gasteiger partial charge < -0.3 is 20.8 Å². The van der Waals surface area contributed by atoms with Gasteiger partial charge in [0.1, 0.15) is 11.7 Å². The molecule has 1 fully saturated rings. The van der Waals surface area contributed by atoms with Crippen LogP contribution in [0.3, 0.4) is 0 Å². The zero-order chi connectivity index (χ0) is 22.8. The van der Waals surface area contributed by atoms with Gasteiger partial charge in [0.2, 0.25) is 0 Å². The number of benzene rings is 1. The number of quaternary nitrogens is 1. The van der Waals surface area contributed by atoms with Crippen LogP contribution < -0.4 is 15.4 Å². The Balaban J connectivity index is 2.11. The molecule has 158 valence electrons. The Labute approximate surface area is 181 Å². The summed E-state index contributed by atoms with van der Waals surface area (Å²) in [5.41, 5.74) is 4.77. The summed E-state index contributed by atoms with van der Waals surface area (Å²) in [6.45, 7) is 5.39. The Morgan fingerprint density at radius 1 is 1.29 bits per heavy atom. The average molecular weight is 417 g/mol. The molecule has 1 heterocycles. The van der Waals surface area contributed by atoms with Crippen LogP contribution in [0.1, 0.15) is 25.3 Å². The molecule has 0 spiro atoms. The fourth-order valence-corrected chi connectivity index (χ4v) is 4.69. The fraction of sp³-hybridized carbons (Fsp3) is 0.435. The highest BCUT2D eigenvalue weighted by Gasteiger charge is 2.58. The fourth-order valence-electron chi connectivity index (χ4n) is 4.69. The molecule has 1 aliphatic carbocycles. The van der Waals surface area contributed by atoms with Gasteiger partial charge in [0, 0.05) is 11.8 Å². The van der Waals surface area contributed by atoms with Crippen LogP contribution in [0.2, 0.25) is 0 Å². The molecule has 0 radical (unpaired) electrons. The molecule has 8 heteroatoms. The third-order valence-electron chi connectivity index (χ3n) is 6.34. The van der Waals surface area contributed by atoms with E-state index in [0.717, 1.165) is 17.7 Å². The number of hydrogen-bond acceptors (Lipinski definition) is 6. The van der Waals surface area contributed by atoms with Crippen LogP contribution in [0.5, 0.6) is 5.75 Å². The van der Waals surface area contributed by atoms with Crippen molar-refractivity contribution < 1.29 is 14.4 Å². The third-order valence-corrected chi connectivity index (χ3v) is 6.34. The predicted molar refractivity (Wildman–Crippen MR) is 112 cm³/mol. The number of rotatable bonds is 5. The molecular weight excluding hydrogens is 392 g/mol. The second kappa shape index (κ2) is 8.60. The molecule has 4 atom stereocenters.